The fourth-order valence-corrected chi connectivity index (χ4v) is 2.94. The van der Waals surface area contributed by atoms with Crippen LogP contribution in [0.1, 0.15) is 47.2 Å². The number of carbonyl (C=O) groups excluding carboxylic acids is 2. The number of nitrogens with zero attached hydrogens (tertiary/aromatic N) is 2. The first-order valence-electron chi connectivity index (χ1n) is 9.55. The fraction of sp³-hybridized carbons (Fsp3) is 0.261. The Morgan fingerprint density at radius 3 is 2.36 bits per heavy atom. The molecular weight excluding hydrogens is 350 g/mol. The van der Waals surface area contributed by atoms with Crippen LogP contribution in [-0.2, 0) is 11.3 Å². The topological polar surface area (TPSA) is 64.0 Å². The summed E-state index contributed by atoms with van der Waals surface area (Å²) in [6.07, 6.45) is 7.73. The molecule has 0 radical (unpaired) electrons. The van der Waals surface area contributed by atoms with Gasteiger partial charge >= 0.3 is 0 Å². The highest BCUT2D eigenvalue weighted by Crippen LogP contribution is 2.11. The van der Waals surface area contributed by atoms with E-state index in [1.165, 1.54) is 0 Å². The number of imidazole rings is 1. The molecule has 1 amide bonds. The predicted molar refractivity (Wildman–Crippen MR) is 109 cm³/mol. The summed E-state index contributed by atoms with van der Waals surface area (Å²) in [5.74, 6) is 0.153. The van der Waals surface area contributed by atoms with Gasteiger partial charge in [-0.15, -0.1) is 0 Å². The van der Waals surface area contributed by atoms with E-state index >= 15 is 0 Å². The molecule has 0 spiro atoms. The molecule has 0 saturated heterocycles. The quantitative estimate of drug-likeness (QED) is 0.449. The first-order chi connectivity index (χ1) is 13.6. The lowest BCUT2D eigenvalue weighted by molar-refractivity contribution is -0.121. The lowest BCUT2D eigenvalue weighted by atomic mass is 10.0. The number of carbonyl (C=O) groups is 2. The van der Waals surface area contributed by atoms with Crippen molar-refractivity contribution in [3.8, 4) is 5.69 Å². The average Bonchev–Trinajstić information content (AvgIpc) is 3.25. The van der Waals surface area contributed by atoms with Crippen molar-refractivity contribution in [1.29, 1.82) is 0 Å². The molecular formula is C23H25N3O2. The molecule has 1 N–H and O–H groups in total. The van der Waals surface area contributed by atoms with Crippen LogP contribution < -0.4 is 5.32 Å². The van der Waals surface area contributed by atoms with E-state index in [0.29, 0.717) is 25.8 Å². The van der Waals surface area contributed by atoms with E-state index in [1.54, 1.807) is 12.5 Å². The zero-order valence-corrected chi connectivity index (χ0v) is 16.1. The minimum atomic E-state index is 0.0153. The van der Waals surface area contributed by atoms with Crippen molar-refractivity contribution < 1.29 is 9.59 Å². The van der Waals surface area contributed by atoms with Crippen LogP contribution in [0.15, 0.2) is 67.3 Å². The minimum absolute atomic E-state index is 0.0153. The molecule has 2 aromatic carbocycles. The van der Waals surface area contributed by atoms with Crippen LogP contribution in [0.4, 0.5) is 0 Å². The number of aryl methyl sites for hydroxylation is 1. The minimum Gasteiger partial charge on any atom is -0.352 e. The van der Waals surface area contributed by atoms with E-state index < -0.39 is 0 Å². The van der Waals surface area contributed by atoms with Crippen molar-refractivity contribution in [2.75, 3.05) is 0 Å². The standard InChI is InChI=1S/C23H25N3O2/c1-18-6-10-20(11-7-18)22(27)4-2-3-5-23(28)25-16-19-8-12-21(13-9-19)26-15-14-24-17-26/h6-15,17H,2-5,16H2,1H3,(H,25,28). The van der Waals surface area contributed by atoms with Crippen LogP contribution in [0.25, 0.3) is 5.69 Å². The molecule has 144 valence electrons. The van der Waals surface area contributed by atoms with Crippen LogP contribution in [0, 0.1) is 6.92 Å². The molecule has 0 fully saturated rings. The van der Waals surface area contributed by atoms with Gasteiger partial charge in [0.2, 0.25) is 5.91 Å². The third-order valence-corrected chi connectivity index (χ3v) is 4.66. The van der Waals surface area contributed by atoms with Crippen LogP contribution in [-0.4, -0.2) is 21.2 Å². The molecule has 0 aliphatic rings. The van der Waals surface area contributed by atoms with Gasteiger partial charge in [-0.1, -0.05) is 42.0 Å². The number of ketones is 1. The van der Waals surface area contributed by atoms with Crippen molar-refractivity contribution in [3.05, 3.63) is 83.9 Å². The summed E-state index contributed by atoms with van der Waals surface area (Å²) in [5, 5.41) is 2.94. The van der Waals surface area contributed by atoms with Crippen LogP contribution in [0.5, 0.6) is 0 Å². The number of hydrogen-bond acceptors (Lipinski definition) is 3. The van der Waals surface area contributed by atoms with Gasteiger partial charge in [0.15, 0.2) is 5.78 Å². The van der Waals surface area contributed by atoms with E-state index in [0.717, 1.165) is 28.8 Å². The van der Waals surface area contributed by atoms with E-state index in [1.807, 2.05) is 66.2 Å². The van der Waals surface area contributed by atoms with Crippen LogP contribution in [0.2, 0.25) is 0 Å². The van der Waals surface area contributed by atoms with Gasteiger partial charge in [0.1, 0.15) is 0 Å². The highest BCUT2D eigenvalue weighted by atomic mass is 16.1. The van der Waals surface area contributed by atoms with E-state index in [2.05, 4.69) is 10.3 Å². The average molecular weight is 375 g/mol. The zero-order valence-electron chi connectivity index (χ0n) is 16.1. The molecule has 1 heterocycles. The predicted octanol–water partition coefficient (Wildman–Crippen LogP) is 4.24. The van der Waals surface area contributed by atoms with E-state index in [9.17, 15) is 9.59 Å². The largest absolute Gasteiger partial charge is 0.352 e. The van der Waals surface area contributed by atoms with Gasteiger partial charge in [-0.3, -0.25) is 9.59 Å². The molecule has 3 aromatic rings. The second kappa shape index (κ2) is 9.65. The Kier molecular flexibility index (Phi) is 6.73. The number of amides is 1. The van der Waals surface area contributed by atoms with Gasteiger partial charge < -0.3 is 9.88 Å². The highest BCUT2D eigenvalue weighted by molar-refractivity contribution is 5.96. The number of nitrogens with one attached hydrogen (secondary N) is 1. The van der Waals surface area contributed by atoms with Gasteiger partial charge in [0.25, 0.3) is 0 Å². The molecule has 0 atom stereocenters. The van der Waals surface area contributed by atoms with Gasteiger partial charge in [0, 0.05) is 43.0 Å². The number of Topliss-reactive ketones (excluding diaryl/α,β-unsaturated/α-hetero) is 1. The molecule has 0 aliphatic carbocycles. The van der Waals surface area contributed by atoms with Crippen molar-refractivity contribution in [3.63, 3.8) is 0 Å². The van der Waals surface area contributed by atoms with Crippen molar-refractivity contribution in [1.82, 2.24) is 14.9 Å². The third-order valence-electron chi connectivity index (χ3n) is 4.66. The number of aromatic nitrogens is 2. The smallest absolute Gasteiger partial charge is 0.220 e. The summed E-state index contributed by atoms with van der Waals surface area (Å²) >= 11 is 0. The Hall–Kier alpha value is -3.21. The maximum absolute atomic E-state index is 12.1. The first kappa shape index (κ1) is 19.5. The Bertz CT molecular complexity index is 898. The molecule has 28 heavy (non-hydrogen) atoms. The van der Waals surface area contributed by atoms with E-state index in [4.69, 9.17) is 0 Å². The Balaban J connectivity index is 1.34. The summed E-state index contributed by atoms with van der Waals surface area (Å²) in [7, 11) is 0. The number of hydrogen-bond donors (Lipinski definition) is 1. The Morgan fingerprint density at radius 1 is 0.964 bits per heavy atom. The highest BCUT2D eigenvalue weighted by Gasteiger charge is 2.07. The summed E-state index contributed by atoms with van der Waals surface area (Å²) in [6.45, 7) is 2.51. The zero-order chi connectivity index (χ0) is 19.8. The fourth-order valence-electron chi connectivity index (χ4n) is 2.94. The Morgan fingerprint density at radius 2 is 1.68 bits per heavy atom. The normalized spacial score (nSPS) is 10.6. The summed E-state index contributed by atoms with van der Waals surface area (Å²) < 4.78 is 1.93. The van der Waals surface area contributed by atoms with Crippen molar-refractivity contribution in [2.24, 2.45) is 0 Å². The van der Waals surface area contributed by atoms with Gasteiger partial charge in [-0.05, 0) is 37.5 Å². The van der Waals surface area contributed by atoms with Gasteiger partial charge in [0.05, 0.1) is 6.33 Å². The molecule has 0 saturated carbocycles. The molecule has 0 bridgehead atoms. The maximum atomic E-state index is 12.1. The molecule has 1 aromatic heterocycles. The number of benzene rings is 2. The number of rotatable bonds is 9. The lowest BCUT2D eigenvalue weighted by Crippen LogP contribution is -2.22. The van der Waals surface area contributed by atoms with Crippen LogP contribution >= 0.6 is 0 Å². The summed E-state index contributed by atoms with van der Waals surface area (Å²) in [4.78, 5) is 28.2. The molecule has 0 aliphatic heterocycles. The SMILES string of the molecule is Cc1ccc(C(=O)CCCCC(=O)NCc2ccc(-n3ccnc3)cc2)cc1. The first-order valence-corrected chi connectivity index (χ1v) is 9.55. The third kappa shape index (κ3) is 5.64. The second-order valence-electron chi connectivity index (χ2n) is 6.91. The lowest BCUT2D eigenvalue weighted by Gasteiger charge is -2.07. The summed E-state index contributed by atoms with van der Waals surface area (Å²) in [6, 6.07) is 15.6. The number of unbranched alkanes of at least 4 members (excludes halogenated alkanes) is 1. The molecule has 3 rings (SSSR count). The molecule has 5 nitrogen and oxygen atoms in total. The molecule has 5 heteroatoms. The molecule has 0 unspecified atom stereocenters. The maximum Gasteiger partial charge on any atom is 0.220 e. The Labute approximate surface area is 165 Å². The van der Waals surface area contributed by atoms with Gasteiger partial charge in [-0.2, -0.15) is 0 Å². The van der Waals surface area contributed by atoms with E-state index in [-0.39, 0.29) is 11.7 Å². The van der Waals surface area contributed by atoms with Crippen LogP contribution in [0.3, 0.4) is 0 Å². The summed E-state index contributed by atoms with van der Waals surface area (Å²) in [5.41, 5.74) is 3.97. The second-order valence-corrected chi connectivity index (χ2v) is 6.91. The van der Waals surface area contributed by atoms with Crippen molar-refractivity contribution in [2.45, 2.75) is 39.2 Å². The monoisotopic (exact) mass is 375 g/mol. The van der Waals surface area contributed by atoms with Crippen molar-refractivity contribution >= 4 is 11.7 Å². The van der Waals surface area contributed by atoms with Gasteiger partial charge in [-0.25, -0.2) is 4.98 Å².